The first-order valence-corrected chi connectivity index (χ1v) is 7.11. The van der Waals surface area contributed by atoms with Crippen LogP contribution in [0.4, 0.5) is 0 Å². The SMILES string of the molecule is CCNC(CC)CCCN1C(=O)C(C)C(C)C1=O. The first kappa shape index (κ1) is 15.2. The van der Waals surface area contributed by atoms with Gasteiger partial charge in [0.15, 0.2) is 0 Å². The second kappa shape index (κ2) is 6.88. The number of carbonyl (C=O) groups is 2. The molecular weight excluding hydrogens is 228 g/mol. The molecule has 1 heterocycles. The van der Waals surface area contributed by atoms with Crippen molar-refractivity contribution in [1.29, 1.82) is 0 Å². The summed E-state index contributed by atoms with van der Waals surface area (Å²) < 4.78 is 0. The number of likely N-dealkylation sites (tertiary alicyclic amines) is 1. The average molecular weight is 254 g/mol. The minimum absolute atomic E-state index is 0.00370. The molecule has 1 aliphatic heterocycles. The van der Waals surface area contributed by atoms with Crippen LogP contribution in [0.1, 0.15) is 47.0 Å². The third-order valence-corrected chi connectivity index (χ3v) is 3.98. The van der Waals surface area contributed by atoms with E-state index >= 15 is 0 Å². The summed E-state index contributed by atoms with van der Waals surface area (Å²) in [6.45, 7) is 9.49. The van der Waals surface area contributed by atoms with Crippen LogP contribution in [0.25, 0.3) is 0 Å². The van der Waals surface area contributed by atoms with Crippen molar-refractivity contribution in [3.8, 4) is 0 Å². The number of hydrogen-bond acceptors (Lipinski definition) is 3. The number of rotatable bonds is 7. The molecule has 0 aromatic rings. The molecule has 0 aliphatic carbocycles. The topological polar surface area (TPSA) is 49.4 Å². The van der Waals surface area contributed by atoms with Crippen molar-refractivity contribution in [1.82, 2.24) is 10.2 Å². The minimum Gasteiger partial charge on any atom is -0.314 e. The van der Waals surface area contributed by atoms with Gasteiger partial charge in [-0.05, 0) is 25.8 Å². The van der Waals surface area contributed by atoms with Crippen molar-refractivity contribution in [2.45, 2.75) is 53.0 Å². The van der Waals surface area contributed by atoms with E-state index in [9.17, 15) is 9.59 Å². The van der Waals surface area contributed by atoms with Crippen LogP contribution in [0.3, 0.4) is 0 Å². The molecule has 1 saturated heterocycles. The van der Waals surface area contributed by atoms with Crippen molar-refractivity contribution in [2.24, 2.45) is 11.8 Å². The highest BCUT2D eigenvalue weighted by Crippen LogP contribution is 2.25. The lowest BCUT2D eigenvalue weighted by Crippen LogP contribution is -2.34. The van der Waals surface area contributed by atoms with E-state index in [1.54, 1.807) is 0 Å². The molecule has 0 saturated carbocycles. The second-order valence-corrected chi connectivity index (χ2v) is 5.21. The van der Waals surface area contributed by atoms with Crippen LogP contribution < -0.4 is 5.32 Å². The molecule has 2 amide bonds. The van der Waals surface area contributed by atoms with Crippen molar-refractivity contribution in [3.63, 3.8) is 0 Å². The van der Waals surface area contributed by atoms with Gasteiger partial charge in [0.25, 0.3) is 0 Å². The standard InChI is InChI=1S/C14H26N2O2/c1-5-12(15-6-2)8-7-9-16-13(17)10(3)11(4)14(16)18/h10-12,15H,5-9H2,1-4H3. The Morgan fingerprint density at radius 1 is 1.17 bits per heavy atom. The summed E-state index contributed by atoms with van der Waals surface area (Å²) in [5.41, 5.74) is 0. The van der Waals surface area contributed by atoms with E-state index in [0.29, 0.717) is 12.6 Å². The van der Waals surface area contributed by atoms with Crippen molar-refractivity contribution >= 4 is 11.8 Å². The minimum atomic E-state index is -0.145. The van der Waals surface area contributed by atoms with Gasteiger partial charge in [0.1, 0.15) is 0 Å². The lowest BCUT2D eigenvalue weighted by atomic mass is 10.00. The Balaban J connectivity index is 2.40. The molecule has 0 spiro atoms. The Morgan fingerprint density at radius 3 is 2.17 bits per heavy atom. The first-order valence-electron chi connectivity index (χ1n) is 7.11. The van der Waals surface area contributed by atoms with Gasteiger partial charge in [-0.15, -0.1) is 0 Å². The molecule has 3 atom stereocenters. The number of imide groups is 1. The summed E-state index contributed by atoms with van der Waals surface area (Å²) in [6.07, 6.45) is 3.00. The fourth-order valence-electron chi connectivity index (χ4n) is 2.48. The maximum atomic E-state index is 11.9. The Hall–Kier alpha value is -0.900. The quantitative estimate of drug-likeness (QED) is 0.705. The monoisotopic (exact) mass is 254 g/mol. The number of nitrogens with zero attached hydrogens (tertiary/aromatic N) is 1. The number of nitrogens with one attached hydrogen (secondary N) is 1. The van der Waals surface area contributed by atoms with E-state index in [2.05, 4.69) is 19.2 Å². The predicted octanol–water partition coefficient (Wildman–Crippen LogP) is 1.80. The summed E-state index contributed by atoms with van der Waals surface area (Å²) in [5, 5.41) is 3.41. The Kier molecular flexibility index (Phi) is 5.79. The molecule has 0 bridgehead atoms. The lowest BCUT2D eigenvalue weighted by Gasteiger charge is -2.18. The van der Waals surface area contributed by atoms with Crippen LogP contribution in [0.5, 0.6) is 0 Å². The maximum Gasteiger partial charge on any atom is 0.232 e. The lowest BCUT2D eigenvalue weighted by molar-refractivity contribution is -0.139. The van der Waals surface area contributed by atoms with E-state index in [-0.39, 0.29) is 23.7 Å². The summed E-state index contributed by atoms with van der Waals surface area (Å²) in [7, 11) is 0. The van der Waals surface area contributed by atoms with Crippen LogP contribution in [0, 0.1) is 11.8 Å². The number of carbonyl (C=O) groups excluding carboxylic acids is 2. The van der Waals surface area contributed by atoms with Crippen LogP contribution in [0.2, 0.25) is 0 Å². The molecule has 104 valence electrons. The van der Waals surface area contributed by atoms with E-state index < -0.39 is 0 Å². The van der Waals surface area contributed by atoms with Gasteiger partial charge in [-0.2, -0.15) is 0 Å². The zero-order valence-electron chi connectivity index (χ0n) is 12.0. The molecule has 1 N–H and O–H groups in total. The molecule has 0 radical (unpaired) electrons. The van der Waals surface area contributed by atoms with Crippen LogP contribution in [-0.4, -0.2) is 35.8 Å². The van der Waals surface area contributed by atoms with Crippen molar-refractivity contribution < 1.29 is 9.59 Å². The van der Waals surface area contributed by atoms with Gasteiger partial charge in [-0.25, -0.2) is 0 Å². The van der Waals surface area contributed by atoms with Crippen LogP contribution in [0.15, 0.2) is 0 Å². The zero-order chi connectivity index (χ0) is 13.7. The highest BCUT2D eigenvalue weighted by Gasteiger charge is 2.41. The fourth-order valence-corrected chi connectivity index (χ4v) is 2.48. The molecule has 1 rings (SSSR count). The molecule has 18 heavy (non-hydrogen) atoms. The highest BCUT2D eigenvalue weighted by molar-refractivity contribution is 6.04. The normalized spacial score (nSPS) is 25.9. The van der Waals surface area contributed by atoms with Crippen molar-refractivity contribution in [2.75, 3.05) is 13.1 Å². The third-order valence-electron chi connectivity index (χ3n) is 3.98. The average Bonchev–Trinajstić information content (AvgIpc) is 2.55. The molecule has 4 nitrogen and oxygen atoms in total. The summed E-state index contributed by atoms with van der Waals surface area (Å²) in [6, 6.07) is 0.498. The van der Waals surface area contributed by atoms with Gasteiger partial charge in [-0.1, -0.05) is 27.7 Å². The van der Waals surface area contributed by atoms with Gasteiger partial charge >= 0.3 is 0 Å². The van der Waals surface area contributed by atoms with Crippen LogP contribution >= 0.6 is 0 Å². The van der Waals surface area contributed by atoms with Crippen molar-refractivity contribution in [3.05, 3.63) is 0 Å². The van der Waals surface area contributed by atoms with Gasteiger partial charge in [0, 0.05) is 24.4 Å². The Labute approximate surface area is 110 Å². The maximum absolute atomic E-state index is 11.9. The molecule has 1 aliphatic rings. The summed E-state index contributed by atoms with van der Waals surface area (Å²) >= 11 is 0. The highest BCUT2D eigenvalue weighted by atomic mass is 16.2. The molecule has 0 aromatic heterocycles. The van der Waals surface area contributed by atoms with E-state index in [1.165, 1.54) is 4.90 Å². The summed E-state index contributed by atoms with van der Waals surface area (Å²) in [5.74, 6) is -0.283. The van der Waals surface area contributed by atoms with Gasteiger partial charge in [-0.3, -0.25) is 14.5 Å². The molecule has 3 unspecified atom stereocenters. The smallest absolute Gasteiger partial charge is 0.232 e. The fraction of sp³-hybridized carbons (Fsp3) is 0.857. The second-order valence-electron chi connectivity index (χ2n) is 5.21. The number of amides is 2. The summed E-state index contributed by atoms with van der Waals surface area (Å²) in [4.78, 5) is 25.2. The van der Waals surface area contributed by atoms with Gasteiger partial charge in [0.05, 0.1) is 0 Å². The van der Waals surface area contributed by atoms with Crippen LogP contribution in [-0.2, 0) is 9.59 Å². The molecular formula is C14H26N2O2. The van der Waals surface area contributed by atoms with Gasteiger partial charge in [0.2, 0.25) is 11.8 Å². The Bertz CT molecular complexity index is 284. The van der Waals surface area contributed by atoms with E-state index in [1.807, 2.05) is 13.8 Å². The third kappa shape index (κ3) is 3.31. The number of hydrogen-bond donors (Lipinski definition) is 1. The predicted molar refractivity (Wildman–Crippen MR) is 72.0 cm³/mol. The molecule has 4 heteroatoms. The first-order chi connectivity index (χ1) is 8.52. The molecule has 0 aromatic carbocycles. The largest absolute Gasteiger partial charge is 0.314 e. The molecule has 1 fully saturated rings. The van der Waals surface area contributed by atoms with E-state index in [0.717, 1.165) is 25.8 Å². The Morgan fingerprint density at radius 2 is 1.72 bits per heavy atom. The zero-order valence-corrected chi connectivity index (χ0v) is 12.0. The van der Waals surface area contributed by atoms with E-state index in [4.69, 9.17) is 0 Å². The van der Waals surface area contributed by atoms with Gasteiger partial charge < -0.3 is 5.32 Å².